The van der Waals surface area contributed by atoms with Crippen LogP contribution in [0.4, 0.5) is 0 Å². The summed E-state index contributed by atoms with van der Waals surface area (Å²) in [5.74, 6) is -2.63. The first-order valence-corrected chi connectivity index (χ1v) is 11.9. The van der Waals surface area contributed by atoms with Gasteiger partial charge in [0.1, 0.15) is 6.04 Å². The van der Waals surface area contributed by atoms with E-state index in [0.717, 1.165) is 0 Å². The highest BCUT2D eigenvalue weighted by molar-refractivity contribution is 6.05. The number of nitrogens with zero attached hydrogens (tertiary/aromatic N) is 2. The van der Waals surface area contributed by atoms with Gasteiger partial charge in [-0.15, -0.1) is 0 Å². The fraction of sp³-hybridized carbons (Fsp3) is 0.792. The number of amidine groups is 1. The van der Waals surface area contributed by atoms with E-state index in [-0.39, 0.29) is 32.3 Å². The first-order chi connectivity index (χ1) is 15.9. The second-order valence-electron chi connectivity index (χ2n) is 8.93. The van der Waals surface area contributed by atoms with E-state index in [0.29, 0.717) is 12.3 Å². The van der Waals surface area contributed by atoms with Crippen molar-refractivity contribution in [3.8, 4) is 0 Å². The van der Waals surface area contributed by atoms with Crippen molar-refractivity contribution >= 4 is 29.7 Å². The molecule has 0 aromatic heterocycles. The van der Waals surface area contributed by atoms with Crippen LogP contribution >= 0.6 is 0 Å². The molecule has 0 amide bonds. The van der Waals surface area contributed by atoms with Crippen LogP contribution in [0.3, 0.4) is 0 Å². The van der Waals surface area contributed by atoms with E-state index >= 15 is 0 Å². The molecule has 0 spiro atoms. The molecule has 0 radical (unpaired) electrons. The van der Waals surface area contributed by atoms with Crippen LogP contribution in [0.15, 0.2) is 4.99 Å². The highest BCUT2D eigenvalue weighted by Crippen LogP contribution is 2.44. The maximum Gasteiger partial charge on any atom is 0.325 e. The molecular formula is C24H40N2O8. The number of esters is 4. The number of hydrogen-bond acceptors (Lipinski definition) is 10. The van der Waals surface area contributed by atoms with Crippen LogP contribution < -0.4 is 0 Å². The molecule has 0 N–H and O–H groups in total. The third-order valence-electron chi connectivity index (χ3n) is 5.98. The molecule has 0 aromatic carbocycles. The highest BCUT2D eigenvalue weighted by atomic mass is 16.6. The zero-order valence-corrected chi connectivity index (χ0v) is 21.9. The van der Waals surface area contributed by atoms with Crippen molar-refractivity contribution in [1.29, 1.82) is 0 Å². The first-order valence-electron chi connectivity index (χ1n) is 11.9. The van der Waals surface area contributed by atoms with Gasteiger partial charge >= 0.3 is 23.9 Å². The topological polar surface area (TPSA) is 121 Å². The maximum atomic E-state index is 13.3. The number of aliphatic imine (C=N–C) groups is 1. The molecule has 0 aliphatic carbocycles. The monoisotopic (exact) mass is 484 g/mol. The second kappa shape index (κ2) is 12.2. The van der Waals surface area contributed by atoms with Crippen molar-refractivity contribution in [2.45, 2.75) is 73.9 Å². The van der Waals surface area contributed by atoms with Crippen molar-refractivity contribution in [1.82, 2.24) is 4.90 Å². The molecule has 0 aromatic rings. The van der Waals surface area contributed by atoms with Crippen molar-refractivity contribution in [2.75, 3.05) is 33.5 Å². The van der Waals surface area contributed by atoms with Crippen molar-refractivity contribution in [3.05, 3.63) is 0 Å². The van der Waals surface area contributed by atoms with Gasteiger partial charge in [0.25, 0.3) is 0 Å². The number of rotatable bonds is 12. The Hall–Kier alpha value is -2.65. The number of carbonyl (C=O) groups is 4. The lowest BCUT2D eigenvalue weighted by Crippen LogP contribution is -2.63. The molecule has 0 fully saturated rings. The van der Waals surface area contributed by atoms with Crippen LogP contribution in [-0.4, -0.2) is 80.2 Å². The zero-order valence-electron chi connectivity index (χ0n) is 21.9. The van der Waals surface area contributed by atoms with Gasteiger partial charge in [0.2, 0.25) is 0 Å². The van der Waals surface area contributed by atoms with E-state index in [9.17, 15) is 19.2 Å². The van der Waals surface area contributed by atoms with Gasteiger partial charge < -0.3 is 23.8 Å². The van der Waals surface area contributed by atoms with Gasteiger partial charge in [-0.3, -0.25) is 24.2 Å². The highest BCUT2D eigenvalue weighted by Gasteiger charge is 2.65. The van der Waals surface area contributed by atoms with Crippen LogP contribution in [0.1, 0.15) is 61.8 Å². The number of hydrogen-bond donors (Lipinski definition) is 0. The molecular weight excluding hydrogens is 444 g/mol. The number of carbonyl (C=O) groups excluding carboxylic acids is 4. The Morgan fingerprint density at radius 1 is 0.794 bits per heavy atom. The minimum Gasteiger partial charge on any atom is -0.465 e. The molecule has 0 saturated carbocycles. The second-order valence-corrected chi connectivity index (χ2v) is 8.93. The van der Waals surface area contributed by atoms with Crippen LogP contribution in [-0.2, 0) is 38.1 Å². The smallest absolute Gasteiger partial charge is 0.325 e. The third-order valence-corrected chi connectivity index (χ3v) is 5.98. The summed E-state index contributed by atoms with van der Waals surface area (Å²) in [6.45, 7) is 13.4. The number of likely N-dealkylation sites (N-methyl/N-ethyl adjacent to an activating group) is 1. The summed E-state index contributed by atoms with van der Waals surface area (Å²) in [6.07, 6.45) is 0.493. The summed E-state index contributed by atoms with van der Waals surface area (Å²) in [6, 6.07) is -2.25. The fourth-order valence-corrected chi connectivity index (χ4v) is 4.18. The Bertz CT molecular complexity index is 756. The molecule has 194 valence electrons. The van der Waals surface area contributed by atoms with Gasteiger partial charge in [-0.2, -0.15) is 0 Å². The Kier molecular flexibility index (Phi) is 10.5. The summed E-state index contributed by atoms with van der Waals surface area (Å²) in [7, 11) is 1.68. The molecule has 1 rings (SSSR count). The fourth-order valence-electron chi connectivity index (χ4n) is 4.18. The van der Waals surface area contributed by atoms with Gasteiger partial charge in [-0.1, -0.05) is 13.8 Å². The van der Waals surface area contributed by atoms with Crippen molar-refractivity contribution in [3.63, 3.8) is 0 Å². The summed E-state index contributed by atoms with van der Waals surface area (Å²) < 4.78 is 21.1. The summed E-state index contributed by atoms with van der Waals surface area (Å²) in [5, 5.41) is 0. The molecule has 2 atom stereocenters. The SMILES string of the molecule is CCOC(=O)C(C)(C(=O)OCC)[C@@H]1[C@@H](C(C)(C(=O)OCC)C(=O)OCC)N=C(CC(C)C)N1C. The van der Waals surface area contributed by atoms with Crippen LogP contribution in [0.2, 0.25) is 0 Å². The lowest BCUT2D eigenvalue weighted by Gasteiger charge is -2.42. The van der Waals surface area contributed by atoms with Crippen LogP contribution in [0.5, 0.6) is 0 Å². The number of ether oxygens (including phenoxy) is 4. The molecule has 34 heavy (non-hydrogen) atoms. The van der Waals surface area contributed by atoms with Gasteiger partial charge in [0.15, 0.2) is 10.8 Å². The van der Waals surface area contributed by atoms with E-state index in [2.05, 4.69) is 0 Å². The maximum absolute atomic E-state index is 13.3. The van der Waals surface area contributed by atoms with Crippen molar-refractivity contribution < 1.29 is 38.1 Å². The summed E-state index contributed by atoms with van der Waals surface area (Å²) in [4.78, 5) is 59.4. The quantitative estimate of drug-likeness (QED) is 0.233. The van der Waals surface area contributed by atoms with E-state index in [1.54, 1.807) is 39.6 Å². The minimum absolute atomic E-state index is 0.0244. The molecule has 1 aliphatic rings. The summed E-state index contributed by atoms with van der Waals surface area (Å²) in [5.41, 5.74) is -3.82. The molecule has 0 bridgehead atoms. The average molecular weight is 485 g/mol. The van der Waals surface area contributed by atoms with E-state index in [1.807, 2.05) is 13.8 Å². The standard InChI is InChI=1S/C24H40N2O8/c1-10-31-19(27)23(7,20(28)32-11-2)17-18(26(9)16(25-17)14-15(5)6)24(8,21(29)33-12-3)22(30)34-13-4/h15,17-18H,10-14H2,1-9H3/t17-,18-/m0/s1. The molecule has 0 unspecified atom stereocenters. The Labute approximate surface area is 202 Å². The lowest BCUT2D eigenvalue weighted by molar-refractivity contribution is -0.183. The predicted molar refractivity (Wildman–Crippen MR) is 125 cm³/mol. The van der Waals surface area contributed by atoms with E-state index in [1.165, 1.54) is 13.8 Å². The van der Waals surface area contributed by atoms with Crippen molar-refractivity contribution in [2.24, 2.45) is 21.7 Å². The third kappa shape index (κ3) is 5.52. The Balaban J connectivity index is 3.87. The predicted octanol–water partition coefficient (Wildman–Crippen LogP) is 2.38. The minimum atomic E-state index is -1.93. The van der Waals surface area contributed by atoms with Gasteiger partial charge in [-0.25, -0.2) is 0 Å². The Morgan fingerprint density at radius 2 is 1.15 bits per heavy atom. The van der Waals surface area contributed by atoms with E-state index in [4.69, 9.17) is 23.9 Å². The first kappa shape index (κ1) is 29.4. The van der Waals surface area contributed by atoms with Crippen LogP contribution in [0, 0.1) is 16.7 Å². The van der Waals surface area contributed by atoms with Gasteiger partial charge in [0, 0.05) is 13.5 Å². The molecule has 1 aliphatic heterocycles. The molecule has 0 saturated heterocycles. The normalized spacial score (nSPS) is 18.4. The van der Waals surface area contributed by atoms with Gasteiger partial charge in [-0.05, 0) is 47.5 Å². The lowest BCUT2D eigenvalue weighted by atomic mass is 9.69. The van der Waals surface area contributed by atoms with Crippen LogP contribution in [0.25, 0.3) is 0 Å². The van der Waals surface area contributed by atoms with Gasteiger partial charge in [0.05, 0.1) is 38.3 Å². The summed E-state index contributed by atoms with van der Waals surface area (Å²) >= 11 is 0. The molecule has 10 heteroatoms. The zero-order chi connectivity index (χ0) is 26.3. The largest absolute Gasteiger partial charge is 0.465 e. The van der Waals surface area contributed by atoms with E-state index < -0.39 is 46.8 Å². The molecule has 1 heterocycles. The Morgan fingerprint density at radius 3 is 1.47 bits per heavy atom. The molecule has 10 nitrogen and oxygen atoms in total. The average Bonchev–Trinajstić information content (AvgIpc) is 3.09.